The maximum absolute atomic E-state index is 13.0. The third-order valence-electron chi connectivity index (χ3n) is 5.69. The van der Waals surface area contributed by atoms with Crippen LogP contribution in [0.4, 0.5) is 11.4 Å². The number of anilines is 2. The van der Waals surface area contributed by atoms with Crippen molar-refractivity contribution in [2.24, 2.45) is 5.92 Å². The largest absolute Gasteiger partial charge is 0.383 e. The van der Waals surface area contributed by atoms with Crippen LogP contribution in [0.1, 0.15) is 5.56 Å². The third kappa shape index (κ3) is 3.65. The Morgan fingerprint density at radius 3 is 2.70 bits per heavy atom. The molecule has 0 saturated carbocycles. The van der Waals surface area contributed by atoms with Gasteiger partial charge in [-0.1, -0.05) is 36.4 Å². The van der Waals surface area contributed by atoms with Crippen molar-refractivity contribution in [1.29, 1.82) is 0 Å². The number of benzene rings is 2. The molecule has 2 heterocycles. The summed E-state index contributed by atoms with van der Waals surface area (Å²) >= 11 is 0. The first-order chi connectivity index (χ1) is 13.3. The van der Waals surface area contributed by atoms with Gasteiger partial charge < -0.3 is 19.9 Å². The van der Waals surface area contributed by atoms with E-state index in [1.807, 2.05) is 6.07 Å². The molecular formula is C22H27N3O2. The minimum atomic E-state index is -0.0525. The number of ether oxygens (including phenoxy) is 1. The zero-order chi connectivity index (χ0) is 18.6. The lowest BCUT2D eigenvalue weighted by Crippen LogP contribution is -2.61. The number of hydrogen-bond acceptors (Lipinski definition) is 4. The van der Waals surface area contributed by atoms with Crippen LogP contribution in [0.15, 0.2) is 54.6 Å². The van der Waals surface area contributed by atoms with Gasteiger partial charge in [-0.2, -0.15) is 0 Å². The number of rotatable bonds is 5. The summed E-state index contributed by atoms with van der Waals surface area (Å²) in [5.74, 6) is 0.0785. The van der Waals surface area contributed by atoms with Gasteiger partial charge in [0.15, 0.2) is 0 Å². The maximum Gasteiger partial charge on any atom is 0.225 e. The summed E-state index contributed by atoms with van der Waals surface area (Å²) in [7, 11) is 1.66. The second-order valence-electron chi connectivity index (χ2n) is 7.27. The Hall–Kier alpha value is -2.53. The Labute approximate surface area is 160 Å². The van der Waals surface area contributed by atoms with Crippen molar-refractivity contribution < 1.29 is 9.53 Å². The van der Waals surface area contributed by atoms with Crippen molar-refractivity contribution >= 4 is 17.3 Å². The van der Waals surface area contributed by atoms with Crippen molar-refractivity contribution in [2.75, 3.05) is 49.7 Å². The molecule has 1 fully saturated rings. The zero-order valence-electron chi connectivity index (χ0n) is 15.8. The molecule has 1 amide bonds. The molecule has 2 atom stereocenters. The van der Waals surface area contributed by atoms with Crippen molar-refractivity contribution in [3.05, 3.63) is 60.2 Å². The fraction of sp³-hybridized carbons (Fsp3) is 0.409. The normalized spacial score (nSPS) is 21.4. The summed E-state index contributed by atoms with van der Waals surface area (Å²) in [6.45, 7) is 3.86. The van der Waals surface area contributed by atoms with Gasteiger partial charge in [-0.15, -0.1) is 0 Å². The maximum atomic E-state index is 13.0. The third-order valence-corrected chi connectivity index (χ3v) is 5.69. The quantitative estimate of drug-likeness (QED) is 0.826. The fourth-order valence-corrected chi connectivity index (χ4v) is 4.34. The van der Waals surface area contributed by atoms with E-state index in [1.54, 1.807) is 7.11 Å². The number of carbonyl (C=O) groups is 1. The monoisotopic (exact) mass is 365 g/mol. The van der Waals surface area contributed by atoms with Crippen molar-refractivity contribution in [3.63, 3.8) is 0 Å². The average Bonchev–Trinajstić information content (AvgIpc) is 2.73. The number of carbonyl (C=O) groups excluding carboxylic acids is 1. The number of nitrogens with zero attached hydrogens (tertiary/aromatic N) is 2. The minimum absolute atomic E-state index is 0.0525. The van der Waals surface area contributed by atoms with Crippen LogP contribution < -0.4 is 15.1 Å². The summed E-state index contributed by atoms with van der Waals surface area (Å²) in [5.41, 5.74) is 3.79. The van der Waals surface area contributed by atoms with Crippen LogP contribution >= 0.6 is 0 Å². The Bertz CT molecular complexity index is 780. The summed E-state index contributed by atoms with van der Waals surface area (Å²) in [6.07, 6.45) is 0.790. The van der Waals surface area contributed by atoms with E-state index in [0.29, 0.717) is 13.2 Å². The van der Waals surface area contributed by atoms with Gasteiger partial charge in [0, 0.05) is 44.7 Å². The molecule has 2 aromatic carbocycles. The van der Waals surface area contributed by atoms with Gasteiger partial charge in [0.25, 0.3) is 0 Å². The Morgan fingerprint density at radius 1 is 1.11 bits per heavy atom. The molecule has 5 heteroatoms. The predicted molar refractivity (Wildman–Crippen MR) is 108 cm³/mol. The Balaban J connectivity index is 1.59. The Morgan fingerprint density at radius 2 is 1.89 bits per heavy atom. The number of methoxy groups -OCH3 is 1. The standard InChI is InChI=1S/C22H27N3O2/c1-27-14-11-23-22(26)19-15-17-7-5-6-10-20(17)25-13-12-24(16-21(19)25)18-8-3-2-4-9-18/h2-10,19,21H,11-16H2,1H3,(H,23,26). The first-order valence-corrected chi connectivity index (χ1v) is 9.69. The molecule has 0 radical (unpaired) electrons. The van der Waals surface area contributed by atoms with Gasteiger partial charge in [0.1, 0.15) is 0 Å². The highest BCUT2D eigenvalue weighted by Crippen LogP contribution is 2.36. The number of hydrogen-bond donors (Lipinski definition) is 1. The summed E-state index contributed by atoms with van der Waals surface area (Å²) in [4.78, 5) is 17.8. The molecule has 0 spiro atoms. The molecule has 0 aliphatic carbocycles. The number of fused-ring (bicyclic) bond motifs is 3. The van der Waals surface area contributed by atoms with Crippen LogP contribution in [0.2, 0.25) is 0 Å². The molecule has 0 aromatic heterocycles. The SMILES string of the molecule is COCCNC(=O)C1Cc2ccccc2N2CCN(c3ccccc3)CC12. The molecule has 0 bridgehead atoms. The molecule has 2 aliphatic heterocycles. The van der Waals surface area contributed by atoms with Crippen molar-refractivity contribution in [3.8, 4) is 0 Å². The van der Waals surface area contributed by atoms with Crippen LogP contribution in [0.3, 0.4) is 0 Å². The number of amides is 1. The van der Waals surface area contributed by atoms with Crippen LogP contribution in [0.5, 0.6) is 0 Å². The molecule has 4 rings (SSSR count). The molecule has 27 heavy (non-hydrogen) atoms. The zero-order valence-corrected chi connectivity index (χ0v) is 15.8. The molecule has 2 unspecified atom stereocenters. The topological polar surface area (TPSA) is 44.8 Å². The van der Waals surface area contributed by atoms with Crippen LogP contribution in [-0.4, -0.2) is 51.8 Å². The number of para-hydroxylation sites is 2. The molecule has 1 saturated heterocycles. The fourth-order valence-electron chi connectivity index (χ4n) is 4.34. The predicted octanol–water partition coefficient (Wildman–Crippen LogP) is 2.32. The van der Waals surface area contributed by atoms with E-state index in [0.717, 1.165) is 26.1 Å². The second-order valence-corrected chi connectivity index (χ2v) is 7.27. The molecule has 2 aliphatic rings. The lowest BCUT2D eigenvalue weighted by Gasteiger charge is -2.49. The van der Waals surface area contributed by atoms with E-state index < -0.39 is 0 Å². The number of nitrogens with one attached hydrogen (secondary N) is 1. The van der Waals surface area contributed by atoms with Crippen LogP contribution in [0.25, 0.3) is 0 Å². The Kier molecular flexibility index (Phi) is 5.30. The molecule has 2 aromatic rings. The van der Waals surface area contributed by atoms with Gasteiger partial charge in [0.2, 0.25) is 5.91 Å². The number of piperazine rings is 1. The van der Waals surface area contributed by atoms with E-state index >= 15 is 0 Å². The summed E-state index contributed by atoms with van der Waals surface area (Å²) in [5, 5.41) is 3.06. The van der Waals surface area contributed by atoms with Gasteiger partial charge in [-0.25, -0.2) is 0 Å². The second kappa shape index (κ2) is 8.01. The minimum Gasteiger partial charge on any atom is -0.383 e. The first-order valence-electron chi connectivity index (χ1n) is 9.69. The van der Waals surface area contributed by atoms with E-state index in [9.17, 15) is 4.79 Å². The van der Waals surface area contributed by atoms with Crippen LogP contribution in [-0.2, 0) is 16.0 Å². The smallest absolute Gasteiger partial charge is 0.225 e. The van der Waals surface area contributed by atoms with Gasteiger partial charge in [-0.05, 0) is 30.2 Å². The van der Waals surface area contributed by atoms with Gasteiger partial charge in [-0.3, -0.25) is 4.79 Å². The van der Waals surface area contributed by atoms with E-state index in [-0.39, 0.29) is 17.9 Å². The van der Waals surface area contributed by atoms with Gasteiger partial charge in [0.05, 0.1) is 18.6 Å². The molecule has 1 N–H and O–H groups in total. The van der Waals surface area contributed by atoms with Crippen LogP contribution in [0, 0.1) is 5.92 Å². The highest BCUT2D eigenvalue weighted by atomic mass is 16.5. The molecular weight excluding hydrogens is 338 g/mol. The van der Waals surface area contributed by atoms with E-state index in [4.69, 9.17) is 4.74 Å². The highest BCUT2D eigenvalue weighted by Gasteiger charge is 2.41. The average molecular weight is 365 g/mol. The lowest BCUT2D eigenvalue weighted by molar-refractivity contribution is -0.126. The van der Waals surface area contributed by atoms with Gasteiger partial charge >= 0.3 is 0 Å². The highest BCUT2D eigenvalue weighted by molar-refractivity contribution is 5.82. The van der Waals surface area contributed by atoms with E-state index in [2.05, 4.69) is 63.6 Å². The molecule has 142 valence electrons. The first kappa shape index (κ1) is 17.9. The van der Waals surface area contributed by atoms with Crippen molar-refractivity contribution in [1.82, 2.24) is 5.32 Å². The molecule has 5 nitrogen and oxygen atoms in total. The van der Waals surface area contributed by atoms with E-state index in [1.165, 1.54) is 16.9 Å². The summed E-state index contributed by atoms with van der Waals surface area (Å²) in [6, 6.07) is 19.2. The van der Waals surface area contributed by atoms with Crippen molar-refractivity contribution in [2.45, 2.75) is 12.5 Å². The summed E-state index contributed by atoms with van der Waals surface area (Å²) < 4.78 is 5.08. The lowest BCUT2D eigenvalue weighted by atomic mass is 9.83.